The van der Waals surface area contributed by atoms with Gasteiger partial charge in [0, 0.05) is 18.7 Å². The van der Waals surface area contributed by atoms with Gasteiger partial charge in [-0.25, -0.2) is 4.68 Å². The Morgan fingerprint density at radius 3 is 2.88 bits per heavy atom. The van der Waals surface area contributed by atoms with E-state index >= 15 is 0 Å². The van der Waals surface area contributed by atoms with E-state index in [1.54, 1.807) is 4.68 Å². The summed E-state index contributed by atoms with van der Waals surface area (Å²) < 4.78 is 12.8. The van der Waals surface area contributed by atoms with E-state index in [0.717, 1.165) is 30.9 Å². The molecule has 134 valence electrons. The van der Waals surface area contributed by atoms with E-state index in [0.29, 0.717) is 30.4 Å². The summed E-state index contributed by atoms with van der Waals surface area (Å²) in [5, 5.41) is 14.4. The van der Waals surface area contributed by atoms with Crippen molar-refractivity contribution in [1.82, 2.24) is 25.6 Å². The summed E-state index contributed by atoms with van der Waals surface area (Å²) in [4.78, 5) is 12.4. The Kier molecular flexibility index (Phi) is 5.10. The fraction of sp³-hybridized carbons (Fsp3) is 0.438. The van der Waals surface area contributed by atoms with E-state index in [9.17, 15) is 4.79 Å². The Bertz CT molecular complexity index is 773. The lowest BCUT2D eigenvalue weighted by Gasteiger charge is -2.18. The third-order valence-electron chi connectivity index (χ3n) is 4.28. The van der Waals surface area contributed by atoms with Crippen LogP contribution >= 0.6 is 12.4 Å². The van der Waals surface area contributed by atoms with Crippen LogP contribution in [0.3, 0.4) is 0 Å². The summed E-state index contributed by atoms with van der Waals surface area (Å²) in [6, 6.07) is 5.71. The molecule has 1 aromatic carbocycles. The Balaban J connectivity index is 0.00000182. The predicted octanol–water partition coefficient (Wildman–Crippen LogP) is 0.860. The van der Waals surface area contributed by atoms with Crippen molar-refractivity contribution < 1.29 is 14.3 Å². The lowest BCUT2D eigenvalue weighted by molar-refractivity contribution is 0.0934. The van der Waals surface area contributed by atoms with Crippen molar-refractivity contribution in [3.8, 4) is 17.2 Å². The zero-order valence-corrected chi connectivity index (χ0v) is 14.6. The molecule has 1 unspecified atom stereocenters. The normalized spacial score (nSPS) is 18.5. The molecule has 8 nitrogen and oxygen atoms in total. The Morgan fingerprint density at radius 1 is 1.32 bits per heavy atom. The van der Waals surface area contributed by atoms with E-state index in [4.69, 9.17) is 9.47 Å². The first kappa shape index (κ1) is 17.5. The number of aromatic nitrogens is 3. The third kappa shape index (κ3) is 3.40. The number of carbonyl (C=O) groups is 1. The van der Waals surface area contributed by atoms with Gasteiger partial charge in [0.25, 0.3) is 5.91 Å². The number of rotatable bonds is 3. The highest BCUT2D eigenvalue weighted by Crippen LogP contribution is 2.32. The van der Waals surface area contributed by atoms with Crippen LogP contribution in [0.25, 0.3) is 5.69 Å². The van der Waals surface area contributed by atoms with E-state index in [-0.39, 0.29) is 24.4 Å². The maximum absolute atomic E-state index is 12.4. The molecule has 25 heavy (non-hydrogen) atoms. The second-order valence-electron chi connectivity index (χ2n) is 5.93. The molecular formula is C16H20ClN5O3. The Labute approximate surface area is 151 Å². The van der Waals surface area contributed by atoms with Crippen LogP contribution in [-0.2, 0) is 0 Å². The summed E-state index contributed by atoms with van der Waals surface area (Å²) in [6.07, 6.45) is 0.932. The lowest BCUT2D eigenvalue weighted by Crippen LogP contribution is -2.36. The molecule has 0 spiro atoms. The van der Waals surface area contributed by atoms with E-state index < -0.39 is 0 Å². The van der Waals surface area contributed by atoms with Gasteiger partial charge in [0.1, 0.15) is 13.2 Å². The van der Waals surface area contributed by atoms with Crippen LogP contribution in [0.1, 0.15) is 22.6 Å². The number of nitrogens with one attached hydrogen (secondary N) is 2. The van der Waals surface area contributed by atoms with Crippen molar-refractivity contribution in [2.75, 3.05) is 26.3 Å². The molecule has 2 aliphatic heterocycles. The van der Waals surface area contributed by atoms with Crippen molar-refractivity contribution in [1.29, 1.82) is 0 Å². The zero-order valence-electron chi connectivity index (χ0n) is 13.8. The fourth-order valence-electron chi connectivity index (χ4n) is 2.98. The van der Waals surface area contributed by atoms with Crippen molar-refractivity contribution in [2.24, 2.45) is 0 Å². The molecule has 0 bridgehead atoms. The number of hydrogen-bond acceptors (Lipinski definition) is 6. The van der Waals surface area contributed by atoms with E-state index in [2.05, 4.69) is 20.9 Å². The van der Waals surface area contributed by atoms with Crippen LogP contribution in [-0.4, -0.2) is 53.2 Å². The standard InChI is InChI=1S/C16H19N5O3.ClH/c1-10-15(16(22)18-11-4-5-17-9-11)19-20-21(10)12-2-3-13-14(8-12)24-7-6-23-13;/h2-3,8,11,17H,4-7,9H2,1H3,(H,18,22);1H. The minimum absolute atomic E-state index is 0. The summed E-state index contributed by atoms with van der Waals surface area (Å²) in [5.41, 5.74) is 1.82. The molecule has 1 atom stereocenters. The molecule has 2 aliphatic rings. The van der Waals surface area contributed by atoms with E-state index in [1.807, 2.05) is 25.1 Å². The highest BCUT2D eigenvalue weighted by atomic mass is 35.5. The quantitative estimate of drug-likeness (QED) is 0.838. The molecule has 0 aliphatic carbocycles. The van der Waals surface area contributed by atoms with Crippen LogP contribution in [0.2, 0.25) is 0 Å². The van der Waals surface area contributed by atoms with Gasteiger partial charge in [0.15, 0.2) is 17.2 Å². The molecule has 2 N–H and O–H groups in total. The number of halogens is 1. The molecule has 0 radical (unpaired) electrons. The average Bonchev–Trinajstić information content (AvgIpc) is 3.24. The van der Waals surface area contributed by atoms with Gasteiger partial charge in [-0.3, -0.25) is 4.79 Å². The third-order valence-corrected chi connectivity index (χ3v) is 4.28. The van der Waals surface area contributed by atoms with Gasteiger partial charge in [-0.15, -0.1) is 17.5 Å². The molecule has 9 heteroatoms. The Hall–Kier alpha value is -2.32. The molecular weight excluding hydrogens is 346 g/mol. The van der Waals surface area contributed by atoms with Crippen LogP contribution < -0.4 is 20.1 Å². The average molecular weight is 366 g/mol. The van der Waals surface area contributed by atoms with Crippen LogP contribution in [0.15, 0.2) is 18.2 Å². The highest BCUT2D eigenvalue weighted by Gasteiger charge is 2.23. The van der Waals surface area contributed by atoms with Crippen molar-refractivity contribution >= 4 is 18.3 Å². The van der Waals surface area contributed by atoms with Crippen LogP contribution in [0, 0.1) is 6.92 Å². The van der Waals surface area contributed by atoms with E-state index in [1.165, 1.54) is 0 Å². The van der Waals surface area contributed by atoms with Crippen LogP contribution in [0.4, 0.5) is 0 Å². The molecule has 2 aromatic rings. The molecule has 1 fully saturated rings. The van der Waals surface area contributed by atoms with Gasteiger partial charge >= 0.3 is 0 Å². The monoisotopic (exact) mass is 365 g/mol. The first-order valence-electron chi connectivity index (χ1n) is 8.06. The summed E-state index contributed by atoms with van der Waals surface area (Å²) in [5.74, 6) is 1.20. The van der Waals surface area contributed by atoms with Gasteiger partial charge in [0.05, 0.1) is 11.4 Å². The van der Waals surface area contributed by atoms with Crippen molar-refractivity contribution in [3.05, 3.63) is 29.6 Å². The summed E-state index contributed by atoms with van der Waals surface area (Å²) >= 11 is 0. The lowest BCUT2D eigenvalue weighted by atomic mass is 10.2. The first-order chi connectivity index (χ1) is 11.7. The van der Waals surface area contributed by atoms with Gasteiger partial charge in [-0.05, 0) is 32.0 Å². The predicted molar refractivity (Wildman–Crippen MR) is 93.1 cm³/mol. The number of carbonyl (C=O) groups excluding carboxylic acids is 1. The number of ether oxygens (including phenoxy) is 2. The van der Waals surface area contributed by atoms with Gasteiger partial charge in [-0.1, -0.05) is 5.21 Å². The Morgan fingerprint density at radius 2 is 2.12 bits per heavy atom. The molecule has 1 saturated heterocycles. The first-order valence-corrected chi connectivity index (χ1v) is 8.06. The topological polar surface area (TPSA) is 90.3 Å². The van der Waals surface area contributed by atoms with Crippen LogP contribution in [0.5, 0.6) is 11.5 Å². The molecule has 3 heterocycles. The maximum atomic E-state index is 12.4. The number of nitrogens with zero attached hydrogens (tertiary/aromatic N) is 3. The highest BCUT2D eigenvalue weighted by molar-refractivity contribution is 5.93. The smallest absolute Gasteiger partial charge is 0.274 e. The second-order valence-corrected chi connectivity index (χ2v) is 5.93. The van der Waals surface area contributed by atoms with Gasteiger partial charge in [0.2, 0.25) is 0 Å². The fourth-order valence-corrected chi connectivity index (χ4v) is 2.98. The molecule has 4 rings (SSSR count). The number of hydrogen-bond donors (Lipinski definition) is 2. The number of fused-ring (bicyclic) bond motifs is 1. The summed E-state index contributed by atoms with van der Waals surface area (Å²) in [6.45, 7) is 4.62. The largest absolute Gasteiger partial charge is 0.486 e. The van der Waals surface area contributed by atoms with Gasteiger partial charge in [-0.2, -0.15) is 0 Å². The molecule has 0 saturated carbocycles. The second kappa shape index (κ2) is 7.28. The minimum atomic E-state index is -0.190. The maximum Gasteiger partial charge on any atom is 0.274 e. The van der Waals surface area contributed by atoms with Crippen molar-refractivity contribution in [3.63, 3.8) is 0 Å². The zero-order chi connectivity index (χ0) is 16.5. The minimum Gasteiger partial charge on any atom is -0.486 e. The van der Waals surface area contributed by atoms with Gasteiger partial charge < -0.3 is 20.1 Å². The molecule has 1 aromatic heterocycles. The summed E-state index contributed by atoms with van der Waals surface area (Å²) in [7, 11) is 0. The number of benzene rings is 1. The molecule has 1 amide bonds. The SMILES string of the molecule is Cc1c(C(=O)NC2CCNC2)nnn1-c1ccc2c(c1)OCCO2.Cl. The number of amides is 1. The van der Waals surface area contributed by atoms with Crippen molar-refractivity contribution in [2.45, 2.75) is 19.4 Å².